The van der Waals surface area contributed by atoms with Gasteiger partial charge in [0.1, 0.15) is 11.6 Å². The van der Waals surface area contributed by atoms with Crippen molar-refractivity contribution in [2.24, 2.45) is 0 Å². The average Bonchev–Trinajstić information content (AvgIpc) is 3.08. The van der Waals surface area contributed by atoms with Crippen LogP contribution in [-0.2, 0) is 0 Å². The van der Waals surface area contributed by atoms with Crippen molar-refractivity contribution in [3.05, 3.63) is 106 Å². The Morgan fingerprint density at radius 3 is 2.29 bits per heavy atom. The number of rotatable bonds is 5. The lowest BCUT2D eigenvalue weighted by Gasteiger charge is -2.16. The molecule has 4 rings (SSSR count). The molecule has 0 aliphatic carbocycles. The maximum Gasteiger partial charge on any atom is 0.214 e. The highest BCUT2D eigenvalue weighted by atomic mass is 19.1. The SMILES string of the molecule is O=[N+]([O-])CC(c1ccccc1F)c1c(-c2ccccc2)[nH]c2c(F)cccc12. The van der Waals surface area contributed by atoms with E-state index < -0.39 is 29.0 Å². The van der Waals surface area contributed by atoms with Crippen LogP contribution in [0.1, 0.15) is 17.0 Å². The standard InChI is InChI=1S/C22H16F2N2O2/c23-18-11-5-4-9-15(18)17(13-26(27)28)20-16-10-6-12-19(24)22(16)25-21(20)14-7-2-1-3-8-14/h1-12,17,25H,13H2. The van der Waals surface area contributed by atoms with E-state index in [4.69, 9.17) is 0 Å². The third-order valence-corrected chi connectivity index (χ3v) is 4.85. The Hall–Kier alpha value is -3.54. The molecule has 3 aromatic carbocycles. The van der Waals surface area contributed by atoms with E-state index in [1.165, 1.54) is 24.3 Å². The molecule has 1 heterocycles. The number of hydrogen-bond acceptors (Lipinski definition) is 2. The Kier molecular flexibility index (Phi) is 4.61. The molecule has 28 heavy (non-hydrogen) atoms. The van der Waals surface area contributed by atoms with Gasteiger partial charge in [0, 0.05) is 15.9 Å². The van der Waals surface area contributed by atoms with Crippen molar-refractivity contribution in [1.82, 2.24) is 4.98 Å². The fraction of sp³-hybridized carbons (Fsp3) is 0.0909. The summed E-state index contributed by atoms with van der Waals surface area (Å²) in [5.74, 6) is -1.87. The van der Waals surface area contributed by atoms with Crippen molar-refractivity contribution in [1.29, 1.82) is 0 Å². The monoisotopic (exact) mass is 378 g/mol. The Balaban J connectivity index is 2.05. The van der Waals surface area contributed by atoms with E-state index in [9.17, 15) is 18.9 Å². The molecule has 0 aliphatic rings. The number of fused-ring (bicyclic) bond motifs is 1. The van der Waals surface area contributed by atoms with Gasteiger partial charge in [-0.3, -0.25) is 10.1 Å². The van der Waals surface area contributed by atoms with Crippen LogP contribution in [0, 0.1) is 21.7 Å². The molecule has 4 aromatic rings. The summed E-state index contributed by atoms with van der Waals surface area (Å²) in [6, 6.07) is 19.7. The second-order valence-corrected chi connectivity index (χ2v) is 6.53. The maximum absolute atomic E-state index is 14.6. The summed E-state index contributed by atoms with van der Waals surface area (Å²) in [5, 5.41) is 11.9. The third kappa shape index (κ3) is 3.13. The summed E-state index contributed by atoms with van der Waals surface area (Å²) in [7, 11) is 0. The summed E-state index contributed by atoms with van der Waals surface area (Å²) >= 11 is 0. The third-order valence-electron chi connectivity index (χ3n) is 4.85. The van der Waals surface area contributed by atoms with Gasteiger partial charge in [0.25, 0.3) is 0 Å². The van der Waals surface area contributed by atoms with Crippen molar-refractivity contribution in [3.8, 4) is 11.3 Å². The Bertz CT molecular complexity index is 1160. The van der Waals surface area contributed by atoms with Crippen molar-refractivity contribution in [3.63, 3.8) is 0 Å². The van der Waals surface area contributed by atoms with Crippen LogP contribution in [0.3, 0.4) is 0 Å². The van der Waals surface area contributed by atoms with Crippen LogP contribution in [0.2, 0.25) is 0 Å². The van der Waals surface area contributed by atoms with Crippen LogP contribution in [0.15, 0.2) is 72.8 Å². The number of para-hydroxylation sites is 1. The summed E-state index contributed by atoms with van der Waals surface area (Å²) in [4.78, 5) is 14.0. The van der Waals surface area contributed by atoms with Crippen molar-refractivity contribution in [2.45, 2.75) is 5.92 Å². The smallest absolute Gasteiger partial charge is 0.214 e. The lowest BCUT2D eigenvalue weighted by Crippen LogP contribution is -2.16. The molecule has 0 fully saturated rings. The molecule has 0 saturated heterocycles. The number of halogens is 2. The summed E-state index contributed by atoms with van der Waals surface area (Å²) in [6.45, 7) is -0.510. The van der Waals surface area contributed by atoms with Crippen LogP contribution < -0.4 is 0 Å². The van der Waals surface area contributed by atoms with Crippen LogP contribution in [-0.4, -0.2) is 16.5 Å². The molecular weight excluding hydrogens is 362 g/mol. The number of nitrogens with zero attached hydrogens (tertiary/aromatic N) is 1. The molecule has 1 unspecified atom stereocenters. The van der Waals surface area contributed by atoms with Gasteiger partial charge >= 0.3 is 0 Å². The van der Waals surface area contributed by atoms with E-state index in [0.717, 1.165) is 5.56 Å². The molecule has 1 atom stereocenters. The van der Waals surface area contributed by atoms with Crippen LogP contribution >= 0.6 is 0 Å². The highest BCUT2D eigenvalue weighted by molar-refractivity contribution is 5.92. The second-order valence-electron chi connectivity index (χ2n) is 6.53. The summed E-state index contributed by atoms with van der Waals surface area (Å²) in [5.41, 5.74) is 2.28. The number of H-pyrrole nitrogens is 1. The molecule has 0 spiro atoms. The van der Waals surface area contributed by atoms with Gasteiger partial charge in [-0.05, 0) is 23.3 Å². The van der Waals surface area contributed by atoms with E-state index in [1.54, 1.807) is 18.2 Å². The first-order chi connectivity index (χ1) is 13.6. The van der Waals surface area contributed by atoms with E-state index in [1.807, 2.05) is 30.3 Å². The number of aromatic amines is 1. The molecular formula is C22H16F2N2O2. The van der Waals surface area contributed by atoms with E-state index in [-0.39, 0.29) is 11.1 Å². The van der Waals surface area contributed by atoms with Crippen molar-refractivity contribution < 1.29 is 13.7 Å². The molecule has 0 amide bonds. The zero-order valence-corrected chi connectivity index (χ0v) is 14.7. The zero-order chi connectivity index (χ0) is 19.7. The molecule has 140 valence electrons. The predicted octanol–water partition coefficient (Wildman–Crippen LogP) is 5.52. The Labute approximate surface area is 159 Å². The Morgan fingerprint density at radius 2 is 1.57 bits per heavy atom. The number of nitro groups is 1. The molecule has 0 radical (unpaired) electrons. The number of nitrogens with one attached hydrogen (secondary N) is 1. The number of hydrogen-bond donors (Lipinski definition) is 1. The quantitative estimate of drug-likeness (QED) is 0.367. The first-order valence-electron chi connectivity index (χ1n) is 8.78. The zero-order valence-electron chi connectivity index (χ0n) is 14.7. The predicted molar refractivity (Wildman–Crippen MR) is 104 cm³/mol. The van der Waals surface area contributed by atoms with Crippen molar-refractivity contribution in [2.75, 3.05) is 6.54 Å². The first kappa shape index (κ1) is 17.9. The average molecular weight is 378 g/mol. The van der Waals surface area contributed by atoms with Crippen LogP contribution in [0.4, 0.5) is 8.78 Å². The van der Waals surface area contributed by atoms with Crippen LogP contribution in [0.25, 0.3) is 22.2 Å². The van der Waals surface area contributed by atoms with E-state index in [2.05, 4.69) is 4.98 Å². The first-order valence-corrected chi connectivity index (χ1v) is 8.78. The van der Waals surface area contributed by atoms with Crippen molar-refractivity contribution >= 4 is 10.9 Å². The topological polar surface area (TPSA) is 58.9 Å². The highest BCUT2D eigenvalue weighted by Gasteiger charge is 2.30. The second kappa shape index (κ2) is 7.23. The Morgan fingerprint density at radius 1 is 0.893 bits per heavy atom. The molecule has 1 aromatic heterocycles. The van der Waals surface area contributed by atoms with Gasteiger partial charge in [0.2, 0.25) is 6.54 Å². The van der Waals surface area contributed by atoms with Gasteiger partial charge in [-0.1, -0.05) is 60.7 Å². The molecule has 1 N–H and O–H groups in total. The lowest BCUT2D eigenvalue weighted by atomic mass is 9.87. The molecule has 0 aliphatic heterocycles. The fourth-order valence-electron chi connectivity index (χ4n) is 3.65. The number of aromatic nitrogens is 1. The minimum absolute atomic E-state index is 0.210. The molecule has 6 heteroatoms. The molecule has 4 nitrogen and oxygen atoms in total. The number of benzene rings is 3. The summed E-state index contributed by atoms with van der Waals surface area (Å²) in [6.07, 6.45) is 0. The van der Waals surface area contributed by atoms with E-state index >= 15 is 0 Å². The van der Waals surface area contributed by atoms with Gasteiger partial charge in [0.15, 0.2) is 0 Å². The van der Waals surface area contributed by atoms with Gasteiger partial charge in [-0.2, -0.15) is 0 Å². The minimum Gasteiger partial charge on any atom is -0.352 e. The van der Waals surface area contributed by atoms with Gasteiger partial charge < -0.3 is 4.98 Å². The van der Waals surface area contributed by atoms with Gasteiger partial charge in [-0.15, -0.1) is 0 Å². The maximum atomic E-state index is 14.6. The minimum atomic E-state index is -0.873. The van der Waals surface area contributed by atoms with E-state index in [0.29, 0.717) is 16.6 Å². The fourth-order valence-corrected chi connectivity index (χ4v) is 3.65. The molecule has 0 bridgehead atoms. The molecule has 0 saturated carbocycles. The van der Waals surface area contributed by atoms with Gasteiger partial charge in [0.05, 0.1) is 17.1 Å². The summed E-state index contributed by atoms with van der Waals surface area (Å²) < 4.78 is 29.1. The largest absolute Gasteiger partial charge is 0.352 e. The lowest BCUT2D eigenvalue weighted by molar-refractivity contribution is -0.481. The highest BCUT2D eigenvalue weighted by Crippen LogP contribution is 2.40. The normalized spacial score (nSPS) is 12.2. The van der Waals surface area contributed by atoms with Crippen LogP contribution in [0.5, 0.6) is 0 Å². The van der Waals surface area contributed by atoms with Gasteiger partial charge in [-0.25, -0.2) is 8.78 Å².